The Morgan fingerprint density at radius 3 is 2.83 bits per heavy atom. The molecule has 7 heteroatoms. The van der Waals surface area contributed by atoms with Crippen molar-refractivity contribution in [2.24, 2.45) is 11.7 Å². The summed E-state index contributed by atoms with van der Waals surface area (Å²) < 4.78 is 0. The second kappa shape index (κ2) is 5.01. The van der Waals surface area contributed by atoms with Gasteiger partial charge >= 0.3 is 0 Å². The number of nitrogens with one attached hydrogen (secondary N) is 3. The van der Waals surface area contributed by atoms with E-state index in [0.29, 0.717) is 13.0 Å². The van der Waals surface area contributed by atoms with E-state index in [1.807, 2.05) is 0 Å². The molecule has 0 saturated carbocycles. The van der Waals surface area contributed by atoms with Crippen molar-refractivity contribution >= 4 is 17.5 Å². The van der Waals surface area contributed by atoms with E-state index in [2.05, 4.69) is 15.6 Å². The summed E-state index contributed by atoms with van der Waals surface area (Å²) in [5.74, 6) is -1.12. The molecular weight excluding hydrogens is 236 g/mol. The number of hydrogen-bond acceptors (Lipinski definition) is 4. The number of anilines is 1. The topological polar surface area (TPSA) is 117 Å². The van der Waals surface area contributed by atoms with Crippen LogP contribution in [0.4, 0.5) is 5.69 Å². The highest BCUT2D eigenvalue weighted by Gasteiger charge is 2.32. The van der Waals surface area contributed by atoms with Crippen molar-refractivity contribution in [3.8, 4) is 0 Å². The van der Waals surface area contributed by atoms with Gasteiger partial charge in [-0.1, -0.05) is 0 Å². The lowest BCUT2D eigenvalue weighted by Crippen LogP contribution is -2.36. The van der Waals surface area contributed by atoms with Gasteiger partial charge in [-0.15, -0.1) is 0 Å². The number of pyridine rings is 1. The van der Waals surface area contributed by atoms with Crippen LogP contribution in [0.1, 0.15) is 6.42 Å². The number of amides is 2. The number of H-pyrrole nitrogens is 1. The van der Waals surface area contributed by atoms with Crippen LogP contribution in [0, 0.1) is 5.92 Å². The van der Waals surface area contributed by atoms with E-state index >= 15 is 0 Å². The van der Waals surface area contributed by atoms with Gasteiger partial charge in [-0.3, -0.25) is 14.4 Å². The Hall–Kier alpha value is -2.15. The van der Waals surface area contributed by atoms with Gasteiger partial charge in [0.05, 0.1) is 12.0 Å². The van der Waals surface area contributed by atoms with Gasteiger partial charge in [-0.2, -0.15) is 0 Å². The van der Waals surface area contributed by atoms with Gasteiger partial charge in [0, 0.05) is 12.7 Å². The molecule has 1 aromatic rings. The second-order valence-electron chi connectivity index (χ2n) is 4.20. The summed E-state index contributed by atoms with van der Waals surface area (Å²) in [5, 5.41) is 5.40. The van der Waals surface area contributed by atoms with Crippen LogP contribution < -0.4 is 21.9 Å². The molecule has 1 aliphatic rings. The van der Waals surface area contributed by atoms with Crippen LogP contribution in [0.3, 0.4) is 0 Å². The molecule has 7 nitrogen and oxygen atoms in total. The number of rotatable bonds is 3. The van der Waals surface area contributed by atoms with Crippen LogP contribution >= 0.6 is 0 Å². The molecule has 1 fully saturated rings. The molecule has 1 aliphatic heterocycles. The SMILES string of the molecule is NC(=O)C1CC(C(=O)Nc2ccc[nH]c2=O)CN1. The van der Waals surface area contributed by atoms with Crippen LogP contribution in [-0.4, -0.2) is 29.4 Å². The molecule has 2 atom stereocenters. The van der Waals surface area contributed by atoms with Crippen LogP contribution in [-0.2, 0) is 9.59 Å². The molecule has 0 bridgehead atoms. The zero-order valence-electron chi connectivity index (χ0n) is 9.60. The lowest BCUT2D eigenvalue weighted by Gasteiger charge is -2.09. The highest BCUT2D eigenvalue weighted by molar-refractivity contribution is 5.93. The van der Waals surface area contributed by atoms with Gasteiger partial charge in [-0.05, 0) is 18.6 Å². The van der Waals surface area contributed by atoms with Crippen LogP contribution in [0.2, 0.25) is 0 Å². The van der Waals surface area contributed by atoms with E-state index in [0.717, 1.165) is 0 Å². The highest BCUT2D eigenvalue weighted by atomic mass is 16.2. The Morgan fingerprint density at radius 2 is 2.22 bits per heavy atom. The molecule has 0 aromatic carbocycles. The standard InChI is InChI=1S/C11H14N4O3/c12-9(16)8-4-6(5-14-8)10(17)15-7-2-1-3-13-11(7)18/h1-3,6,8,14H,4-5H2,(H2,12,16)(H,13,18)(H,15,17). The first-order valence-corrected chi connectivity index (χ1v) is 5.59. The predicted molar refractivity (Wildman–Crippen MR) is 64.8 cm³/mol. The van der Waals surface area contributed by atoms with E-state index < -0.39 is 11.9 Å². The van der Waals surface area contributed by atoms with Crippen molar-refractivity contribution in [3.05, 3.63) is 28.7 Å². The molecule has 2 rings (SSSR count). The van der Waals surface area contributed by atoms with E-state index in [1.165, 1.54) is 12.3 Å². The highest BCUT2D eigenvalue weighted by Crippen LogP contribution is 2.15. The van der Waals surface area contributed by atoms with Crippen molar-refractivity contribution in [1.29, 1.82) is 0 Å². The maximum absolute atomic E-state index is 11.9. The summed E-state index contributed by atoms with van der Waals surface area (Å²) in [6, 6.07) is 2.66. The Bertz CT molecular complexity index is 525. The molecule has 1 aromatic heterocycles. The molecule has 18 heavy (non-hydrogen) atoms. The van der Waals surface area contributed by atoms with Gasteiger partial charge in [0.25, 0.3) is 5.56 Å². The summed E-state index contributed by atoms with van der Waals surface area (Å²) in [5.41, 5.74) is 4.99. The number of hydrogen-bond donors (Lipinski definition) is 4. The molecule has 2 heterocycles. The first-order chi connectivity index (χ1) is 8.58. The molecule has 2 unspecified atom stereocenters. The Morgan fingerprint density at radius 1 is 1.44 bits per heavy atom. The fourth-order valence-electron chi connectivity index (χ4n) is 1.91. The minimum atomic E-state index is -0.477. The summed E-state index contributed by atoms with van der Waals surface area (Å²) in [4.78, 5) is 36.7. The van der Waals surface area contributed by atoms with Crippen LogP contribution in [0.5, 0.6) is 0 Å². The van der Waals surface area contributed by atoms with Crippen molar-refractivity contribution in [1.82, 2.24) is 10.3 Å². The maximum atomic E-state index is 11.9. The molecule has 2 amide bonds. The zero-order valence-corrected chi connectivity index (χ0v) is 9.60. The van der Waals surface area contributed by atoms with Gasteiger partial charge < -0.3 is 21.4 Å². The third kappa shape index (κ3) is 2.57. The normalized spacial score (nSPS) is 22.7. The van der Waals surface area contributed by atoms with Crippen molar-refractivity contribution in [3.63, 3.8) is 0 Å². The first kappa shape index (κ1) is 12.3. The van der Waals surface area contributed by atoms with Gasteiger partial charge in [0.1, 0.15) is 5.69 Å². The Labute approximate surface area is 103 Å². The molecule has 0 spiro atoms. The minimum Gasteiger partial charge on any atom is -0.368 e. The lowest BCUT2D eigenvalue weighted by molar-refractivity contribution is -0.120. The average Bonchev–Trinajstić information content (AvgIpc) is 2.81. The number of carbonyl (C=O) groups excluding carboxylic acids is 2. The van der Waals surface area contributed by atoms with E-state index in [9.17, 15) is 14.4 Å². The molecule has 0 radical (unpaired) electrons. The quantitative estimate of drug-likeness (QED) is 0.537. The molecule has 0 aliphatic carbocycles. The van der Waals surface area contributed by atoms with E-state index in [1.54, 1.807) is 6.07 Å². The average molecular weight is 250 g/mol. The second-order valence-corrected chi connectivity index (χ2v) is 4.20. The number of nitrogens with two attached hydrogens (primary N) is 1. The first-order valence-electron chi connectivity index (χ1n) is 5.59. The number of carbonyl (C=O) groups is 2. The third-order valence-electron chi connectivity index (χ3n) is 2.92. The fourth-order valence-corrected chi connectivity index (χ4v) is 1.91. The molecule has 96 valence electrons. The van der Waals surface area contributed by atoms with Gasteiger partial charge in [0.15, 0.2) is 0 Å². The third-order valence-corrected chi connectivity index (χ3v) is 2.92. The minimum absolute atomic E-state index is 0.199. The summed E-state index contributed by atoms with van der Waals surface area (Å²) in [6.07, 6.45) is 1.84. The number of aromatic nitrogens is 1. The maximum Gasteiger partial charge on any atom is 0.271 e. The summed E-state index contributed by atoms with van der Waals surface area (Å²) in [6.45, 7) is 0.379. The largest absolute Gasteiger partial charge is 0.368 e. The van der Waals surface area contributed by atoms with E-state index in [-0.39, 0.29) is 23.1 Å². The van der Waals surface area contributed by atoms with E-state index in [4.69, 9.17) is 5.73 Å². The Balaban J connectivity index is 2.00. The fraction of sp³-hybridized carbons (Fsp3) is 0.364. The van der Waals surface area contributed by atoms with Crippen molar-refractivity contribution in [2.45, 2.75) is 12.5 Å². The van der Waals surface area contributed by atoms with Crippen LogP contribution in [0.25, 0.3) is 0 Å². The van der Waals surface area contributed by atoms with Gasteiger partial charge in [0.2, 0.25) is 11.8 Å². The zero-order chi connectivity index (χ0) is 13.1. The van der Waals surface area contributed by atoms with Crippen molar-refractivity contribution < 1.29 is 9.59 Å². The number of aromatic amines is 1. The molecule has 1 saturated heterocycles. The summed E-state index contributed by atoms with van der Waals surface area (Å²) >= 11 is 0. The lowest BCUT2D eigenvalue weighted by atomic mass is 10.0. The molecular formula is C11H14N4O3. The summed E-state index contributed by atoms with van der Waals surface area (Å²) in [7, 11) is 0. The Kier molecular flexibility index (Phi) is 3.42. The predicted octanol–water partition coefficient (Wildman–Crippen LogP) is -1.22. The van der Waals surface area contributed by atoms with Gasteiger partial charge in [-0.25, -0.2) is 0 Å². The smallest absolute Gasteiger partial charge is 0.271 e. The number of primary amides is 1. The van der Waals surface area contributed by atoms with Crippen molar-refractivity contribution in [2.75, 3.05) is 11.9 Å². The molecule has 5 N–H and O–H groups in total. The van der Waals surface area contributed by atoms with Crippen LogP contribution in [0.15, 0.2) is 23.1 Å². The monoisotopic (exact) mass is 250 g/mol.